The molecule has 0 aliphatic rings. The predicted octanol–water partition coefficient (Wildman–Crippen LogP) is 1.96. The van der Waals surface area contributed by atoms with Gasteiger partial charge in [-0.2, -0.15) is 0 Å². The zero-order valence-electron chi connectivity index (χ0n) is 12.3. The van der Waals surface area contributed by atoms with Gasteiger partial charge in [-0.3, -0.25) is 4.72 Å². The number of ether oxygens (including phenoxy) is 1. The molecule has 1 rings (SSSR count). The molecule has 0 amide bonds. The summed E-state index contributed by atoms with van der Waals surface area (Å²) in [5.41, 5.74) is 1.63. The van der Waals surface area contributed by atoms with Crippen LogP contribution in [-0.4, -0.2) is 33.4 Å². The third-order valence-corrected chi connectivity index (χ3v) is 3.83. The summed E-state index contributed by atoms with van der Waals surface area (Å²) in [5.74, 6) is -0.0391. The minimum Gasteiger partial charge on any atom is -0.378 e. The molecule has 0 atom stereocenters. The second kappa shape index (κ2) is 8.24. The van der Waals surface area contributed by atoms with Gasteiger partial charge in [-0.1, -0.05) is 19.1 Å². The Bertz CT molecular complexity index is 501. The number of rotatable bonds is 9. The Balaban J connectivity index is 2.58. The number of hydrogen-bond donors (Lipinski definition) is 2. The number of anilines is 1. The minimum atomic E-state index is -3.36. The normalized spacial score (nSPS) is 11.8. The van der Waals surface area contributed by atoms with Gasteiger partial charge in [0, 0.05) is 12.2 Å². The van der Waals surface area contributed by atoms with E-state index < -0.39 is 10.0 Å². The molecule has 6 heteroatoms. The topological polar surface area (TPSA) is 67.4 Å². The van der Waals surface area contributed by atoms with E-state index in [0.29, 0.717) is 5.69 Å². The largest absolute Gasteiger partial charge is 0.378 e. The molecule has 0 spiro atoms. The second-order valence-electron chi connectivity index (χ2n) is 4.82. The van der Waals surface area contributed by atoms with Crippen LogP contribution < -0.4 is 10.0 Å². The van der Waals surface area contributed by atoms with E-state index in [2.05, 4.69) is 10.0 Å². The smallest absolute Gasteiger partial charge is 0.235 e. The molecule has 0 unspecified atom stereocenters. The van der Waals surface area contributed by atoms with E-state index in [1.165, 1.54) is 0 Å². The monoisotopic (exact) mass is 300 g/mol. The molecular weight excluding hydrogens is 276 g/mol. The van der Waals surface area contributed by atoms with Crippen LogP contribution in [0.1, 0.15) is 26.3 Å². The lowest BCUT2D eigenvalue weighted by atomic mass is 10.2. The summed E-state index contributed by atoms with van der Waals surface area (Å²) in [7, 11) is -3.36. The van der Waals surface area contributed by atoms with E-state index in [1.54, 1.807) is 6.07 Å². The zero-order valence-corrected chi connectivity index (χ0v) is 13.2. The van der Waals surface area contributed by atoms with Crippen molar-refractivity contribution < 1.29 is 13.2 Å². The molecule has 20 heavy (non-hydrogen) atoms. The van der Waals surface area contributed by atoms with Gasteiger partial charge in [0.15, 0.2) is 0 Å². The molecule has 0 bridgehead atoms. The van der Waals surface area contributed by atoms with E-state index in [-0.39, 0.29) is 18.5 Å². The molecule has 0 saturated carbocycles. The van der Waals surface area contributed by atoms with Crippen molar-refractivity contribution in [2.45, 2.75) is 33.4 Å². The predicted molar refractivity (Wildman–Crippen MR) is 82.3 cm³/mol. The van der Waals surface area contributed by atoms with Crippen LogP contribution in [0.3, 0.4) is 0 Å². The van der Waals surface area contributed by atoms with Gasteiger partial charge in [0.1, 0.15) is 0 Å². The lowest BCUT2D eigenvalue weighted by Gasteiger charge is -2.11. The molecule has 0 aliphatic carbocycles. The Morgan fingerprint density at radius 3 is 2.70 bits per heavy atom. The Hall–Kier alpha value is -1.11. The van der Waals surface area contributed by atoms with E-state index in [0.717, 1.165) is 18.7 Å². The lowest BCUT2D eigenvalue weighted by molar-refractivity contribution is 0.0913. The highest BCUT2D eigenvalue weighted by Gasteiger charge is 2.11. The summed E-state index contributed by atoms with van der Waals surface area (Å²) < 4.78 is 31.6. The molecule has 2 N–H and O–H groups in total. The van der Waals surface area contributed by atoms with Crippen LogP contribution in [0, 0.1) is 0 Å². The number of benzene rings is 1. The van der Waals surface area contributed by atoms with Gasteiger partial charge >= 0.3 is 0 Å². The molecule has 0 aromatic heterocycles. The van der Waals surface area contributed by atoms with Crippen molar-refractivity contribution in [3.05, 3.63) is 29.8 Å². The first-order valence-electron chi connectivity index (χ1n) is 6.84. The molecule has 1 aromatic carbocycles. The van der Waals surface area contributed by atoms with E-state index in [1.807, 2.05) is 39.0 Å². The van der Waals surface area contributed by atoms with Gasteiger partial charge in [-0.25, -0.2) is 8.42 Å². The minimum absolute atomic E-state index is 0.0358. The molecule has 0 saturated heterocycles. The molecular formula is C14H24N2O3S. The summed E-state index contributed by atoms with van der Waals surface area (Å²) in [6, 6.07) is 7.39. The van der Waals surface area contributed by atoms with Gasteiger partial charge in [0.2, 0.25) is 10.0 Å². The van der Waals surface area contributed by atoms with Gasteiger partial charge in [0.05, 0.1) is 18.5 Å². The second-order valence-corrected chi connectivity index (χ2v) is 6.66. The first kappa shape index (κ1) is 16.9. The van der Waals surface area contributed by atoms with Gasteiger partial charge in [-0.15, -0.1) is 0 Å². The van der Waals surface area contributed by atoms with Crippen LogP contribution in [0.2, 0.25) is 0 Å². The Labute approximate surface area is 121 Å². The molecule has 0 heterocycles. The number of sulfonamides is 1. The van der Waals surface area contributed by atoms with Crippen LogP contribution in [0.4, 0.5) is 5.69 Å². The fourth-order valence-electron chi connectivity index (χ4n) is 1.64. The van der Waals surface area contributed by atoms with E-state index >= 15 is 0 Å². The van der Waals surface area contributed by atoms with Crippen molar-refractivity contribution in [1.29, 1.82) is 0 Å². The Morgan fingerprint density at radius 1 is 1.30 bits per heavy atom. The van der Waals surface area contributed by atoms with Crippen molar-refractivity contribution in [1.82, 2.24) is 5.32 Å². The summed E-state index contributed by atoms with van der Waals surface area (Å²) in [5, 5.41) is 3.20. The molecule has 0 aliphatic heterocycles. The van der Waals surface area contributed by atoms with E-state index in [4.69, 9.17) is 4.74 Å². The third-order valence-electron chi connectivity index (χ3n) is 2.58. The molecule has 0 fully saturated rings. The highest BCUT2D eigenvalue weighted by Crippen LogP contribution is 2.12. The van der Waals surface area contributed by atoms with Crippen LogP contribution >= 0.6 is 0 Å². The molecule has 5 nitrogen and oxygen atoms in total. The summed E-state index contributed by atoms with van der Waals surface area (Å²) >= 11 is 0. The Kier molecular flexibility index (Phi) is 6.98. The van der Waals surface area contributed by atoms with Gasteiger partial charge < -0.3 is 10.1 Å². The fraction of sp³-hybridized carbons (Fsp3) is 0.571. The maximum absolute atomic E-state index is 11.9. The standard InChI is InChI=1S/C14H24N2O3S/c1-4-15-11-13-6-5-7-14(10-13)16-20(17,18)9-8-19-12(2)3/h5-7,10,12,15-16H,4,8-9,11H2,1-3H3. The van der Waals surface area contributed by atoms with Crippen molar-refractivity contribution in [3.63, 3.8) is 0 Å². The van der Waals surface area contributed by atoms with Crippen LogP contribution in [-0.2, 0) is 21.3 Å². The molecule has 0 radical (unpaired) electrons. The highest BCUT2D eigenvalue weighted by atomic mass is 32.2. The average Bonchev–Trinajstić information content (AvgIpc) is 2.35. The zero-order chi connectivity index (χ0) is 15.0. The van der Waals surface area contributed by atoms with Crippen molar-refractivity contribution >= 4 is 15.7 Å². The van der Waals surface area contributed by atoms with Crippen LogP contribution in [0.5, 0.6) is 0 Å². The fourth-order valence-corrected chi connectivity index (χ4v) is 2.54. The summed E-state index contributed by atoms with van der Waals surface area (Å²) in [6.07, 6.45) is 0.0358. The van der Waals surface area contributed by atoms with Crippen molar-refractivity contribution in [2.24, 2.45) is 0 Å². The van der Waals surface area contributed by atoms with Crippen LogP contribution in [0.15, 0.2) is 24.3 Å². The maximum Gasteiger partial charge on any atom is 0.235 e. The van der Waals surface area contributed by atoms with Gasteiger partial charge in [0.25, 0.3) is 0 Å². The number of hydrogen-bond acceptors (Lipinski definition) is 4. The first-order chi connectivity index (χ1) is 9.43. The van der Waals surface area contributed by atoms with Crippen LogP contribution in [0.25, 0.3) is 0 Å². The molecule has 114 valence electrons. The average molecular weight is 300 g/mol. The van der Waals surface area contributed by atoms with Crippen molar-refractivity contribution in [3.8, 4) is 0 Å². The first-order valence-corrected chi connectivity index (χ1v) is 8.50. The highest BCUT2D eigenvalue weighted by molar-refractivity contribution is 7.92. The maximum atomic E-state index is 11.9. The SMILES string of the molecule is CCNCc1cccc(NS(=O)(=O)CCOC(C)C)c1. The Morgan fingerprint density at radius 2 is 2.05 bits per heavy atom. The molecule has 1 aromatic rings. The van der Waals surface area contributed by atoms with E-state index in [9.17, 15) is 8.42 Å². The summed E-state index contributed by atoms with van der Waals surface area (Å²) in [4.78, 5) is 0. The quantitative estimate of drug-likeness (QED) is 0.731. The summed E-state index contributed by atoms with van der Waals surface area (Å²) in [6.45, 7) is 7.59. The number of nitrogens with one attached hydrogen (secondary N) is 2. The lowest BCUT2D eigenvalue weighted by Crippen LogP contribution is -2.21. The van der Waals surface area contributed by atoms with Gasteiger partial charge in [-0.05, 0) is 38.1 Å². The van der Waals surface area contributed by atoms with Crippen molar-refractivity contribution in [2.75, 3.05) is 23.6 Å². The third kappa shape index (κ3) is 6.88.